The topological polar surface area (TPSA) is 80.5 Å². The third kappa shape index (κ3) is 5.11. The van der Waals surface area contributed by atoms with Gasteiger partial charge in [-0.05, 0) is 6.92 Å². The van der Waals surface area contributed by atoms with Crippen LogP contribution in [0.4, 0.5) is 0 Å². The minimum absolute atomic E-state index is 0.000398. The van der Waals surface area contributed by atoms with Crippen LogP contribution in [0.15, 0.2) is 34.9 Å². The molecule has 2 aromatic rings. The van der Waals surface area contributed by atoms with Crippen LogP contribution < -0.4 is 5.32 Å². The molecular formula is C18H24N4O3. The zero-order valence-electron chi connectivity index (χ0n) is 14.5. The number of aryl methyl sites for hydroxylation is 1. The van der Waals surface area contributed by atoms with E-state index < -0.39 is 0 Å². The van der Waals surface area contributed by atoms with E-state index in [0.29, 0.717) is 37.1 Å². The summed E-state index contributed by atoms with van der Waals surface area (Å²) < 4.78 is 10.6. The van der Waals surface area contributed by atoms with E-state index in [1.54, 1.807) is 0 Å². The van der Waals surface area contributed by atoms with Gasteiger partial charge in [-0.3, -0.25) is 9.69 Å². The SMILES string of the molecule is C[C@@H](CNC(=O)CCc1nc(-c2ccccc2)no1)N1CCOCC1. The summed E-state index contributed by atoms with van der Waals surface area (Å²) in [5.41, 5.74) is 0.904. The predicted octanol–water partition coefficient (Wildman–Crippen LogP) is 1.51. The van der Waals surface area contributed by atoms with Gasteiger partial charge in [0.05, 0.1) is 13.2 Å². The number of nitrogens with one attached hydrogen (secondary N) is 1. The molecule has 134 valence electrons. The number of morpholine rings is 1. The van der Waals surface area contributed by atoms with Gasteiger partial charge in [0, 0.05) is 44.1 Å². The molecule has 1 fully saturated rings. The molecule has 7 nitrogen and oxygen atoms in total. The lowest BCUT2D eigenvalue weighted by molar-refractivity contribution is -0.121. The van der Waals surface area contributed by atoms with Crippen LogP contribution in [0.25, 0.3) is 11.4 Å². The summed E-state index contributed by atoms with van der Waals surface area (Å²) in [6.45, 7) is 6.12. The first kappa shape index (κ1) is 17.6. The van der Waals surface area contributed by atoms with Crippen molar-refractivity contribution in [2.24, 2.45) is 0 Å². The van der Waals surface area contributed by atoms with Gasteiger partial charge in [0.15, 0.2) is 0 Å². The Hall–Kier alpha value is -2.25. The number of amides is 1. The van der Waals surface area contributed by atoms with Crippen LogP contribution >= 0.6 is 0 Å². The molecule has 1 amide bonds. The van der Waals surface area contributed by atoms with Gasteiger partial charge in [0.25, 0.3) is 0 Å². The maximum absolute atomic E-state index is 12.0. The molecule has 1 atom stereocenters. The minimum atomic E-state index is -0.000398. The maximum Gasteiger partial charge on any atom is 0.227 e. The quantitative estimate of drug-likeness (QED) is 0.820. The van der Waals surface area contributed by atoms with Crippen LogP contribution in [0.1, 0.15) is 19.2 Å². The average Bonchev–Trinajstić information content (AvgIpc) is 3.15. The third-order valence-electron chi connectivity index (χ3n) is 4.33. The number of nitrogens with zero attached hydrogens (tertiary/aromatic N) is 3. The van der Waals surface area contributed by atoms with E-state index in [1.165, 1.54) is 0 Å². The summed E-state index contributed by atoms with van der Waals surface area (Å²) in [5, 5.41) is 6.94. The molecule has 0 spiro atoms. The Morgan fingerprint density at radius 3 is 2.80 bits per heavy atom. The zero-order chi connectivity index (χ0) is 17.5. The summed E-state index contributed by atoms with van der Waals surface area (Å²) in [6, 6.07) is 9.94. The van der Waals surface area contributed by atoms with Gasteiger partial charge in [-0.25, -0.2) is 0 Å². The Morgan fingerprint density at radius 2 is 2.04 bits per heavy atom. The molecule has 7 heteroatoms. The lowest BCUT2D eigenvalue weighted by atomic mass is 10.2. The highest BCUT2D eigenvalue weighted by atomic mass is 16.5. The molecule has 1 aliphatic heterocycles. The van der Waals surface area contributed by atoms with Crippen molar-refractivity contribution in [2.75, 3.05) is 32.8 Å². The van der Waals surface area contributed by atoms with Crippen LogP contribution in [0.3, 0.4) is 0 Å². The molecule has 2 heterocycles. The first-order chi connectivity index (χ1) is 12.2. The van der Waals surface area contributed by atoms with Gasteiger partial charge < -0.3 is 14.6 Å². The Bertz CT molecular complexity index is 668. The number of aromatic nitrogens is 2. The molecule has 0 bridgehead atoms. The molecule has 0 aliphatic carbocycles. The second-order valence-corrected chi connectivity index (χ2v) is 6.18. The number of benzene rings is 1. The fourth-order valence-corrected chi connectivity index (χ4v) is 2.78. The molecule has 25 heavy (non-hydrogen) atoms. The van der Waals surface area contributed by atoms with E-state index in [-0.39, 0.29) is 5.91 Å². The Balaban J connectivity index is 1.41. The summed E-state index contributed by atoms with van der Waals surface area (Å²) in [4.78, 5) is 18.7. The fraction of sp³-hybridized carbons (Fsp3) is 0.500. The molecule has 1 aromatic carbocycles. The van der Waals surface area contributed by atoms with Gasteiger partial charge >= 0.3 is 0 Å². The predicted molar refractivity (Wildman–Crippen MR) is 92.9 cm³/mol. The van der Waals surface area contributed by atoms with Crippen LogP contribution in [0.5, 0.6) is 0 Å². The molecule has 0 radical (unpaired) electrons. The van der Waals surface area contributed by atoms with Crippen LogP contribution in [-0.4, -0.2) is 59.8 Å². The monoisotopic (exact) mass is 344 g/mol. The van der Waals surface area contributed by atoms with Crippen LogP contribution in [0, 0.1) is 0 Å². The van der Waals surface area contributed by atoms with E-state index in [1.807, 2.05) is 30.3 Å². The summed E-state index contributed by atoms with van der Waals surface area (Å²) >= 11 is 0. The standard InChI is InChI=1S/C18H24N4O3/c1-14(22-9-11-24-12-10-22)13-19-16(23)7-8-17-20-18(21-25-17)15-5-3-2-4-6-15/h2-6,14H,7-13H2,1H3,(H,19,23)/t14-/m0/s1. The summed E-state index contributed by atoms with van der Waals surface area (Å²) in [7, 11) is 0. The molecule has 1 aromatic heterocycles. The Labute approximate surface area is 147 Å². The number of carbonyl (C=O) groups excluding carboxylic acids is 1. The third-order valence-corrected chi connectivity index (χ3v) is 4.33. The van der Waals surface area contributed by atoms with Crippen molar-refractivity contribution < 1.29 is 14.1 Å². The average molecular weight is 344 g/mol. The molecular weight excluding hydrogens is 320 g/mol. The van der Waals surface area contributed by atoms with Gasteiger partial charge in [-0.1, -0.05) is 35.5 Å². The van der Waals surface area contributed by atoms with Gasteiger partial charge in [0.2, 0.25) is 17.6 Å². The second kappa shape index (κ2) is 8.73. The highest BCUT2D eigenvalue weighted by Gasteiger charge is 2.17. The highest BCUT2D eigenvalue weighted by molar-refractivity contribution is 5.76. The molecule has 1 aliphatic rings. The van der Waals surface area contributed by atoms with Crippen LogP contribution in [0.2, 0.25) is 0 Å². The largest absolute Gasteiger partial charge is 0.379 e. The molecule has 0 unspecified atom stereocenters. The van der Waals surface area contributed by atoms with Crippen molar-refractivity contribution >= 4 is 5.91 Å². The number of rotatable bonds is 7. The van der Waals surface area contributed by atoms with Crippen molar-refractivity contribution in [3.8, 4) is 11.4 Å². The smallest absolute Gasteiger partial charge is 0.227 e. The molecule has 1 saturated heterocycles. The lowest BCUT2D eigenvalue weighted by Crippen LogP contribution is -2.47. The van der Waals surface area contributed by atoms with E-state index in [0.717, 1.165) is 31.9 Å². The highest BCUT2D eigenvalue weighted by Crippen LogP contribution is 2.15. The number of hydrogen-bond acceptors (Lipinski definition) is 6. The fourth-order valence-electron chi connectivity index (χ4n) is 2.78. The van der Waals surface area contributed by atoms with E-state index in [2.05, 4.69) is 27.3 Å². The van der Waals surface area contributed by atoms with Crippen LogP contribution in [-0.2, 0) is 16.0 Å². The first-order valence-corrected chi connectivity index (χ1v) is 8.69. The van der Waals surface area contributed by atoms with Gasteiger partial charge in [-0.2, -0.15) is 4.98 Å². The Kier molecular flexibility index (Phi) is 6.14. The van der Waals surface area contributed by atoms with Gasteiger partial charge in [0.1, 0.15) is 0 Å². The van der Waals surface area contributed by atoms with Crippen molar-refractivity contribution in [1.82, 2.24) is 20.4 Å². The molecule has 0 saturated carbocycles. The van der Waals surface area contributed by atoms with Crippen molar-refractivity contribution in [1.29, 1.82) is 0 Å². The zero-order valence-corrected chi connectivity index (χ0v) is 14.5. The number of hydrogen-bond donors (Lipinski definition) is 1. The normalized spacial score (nSPS) is 16.5. The first-order valence-electron chi connectivity index (χ1n) is 8.69. The van der Waals surface area contributed by atoms with E-state index in [4.69, 9.17) is 9.26 Å². The lowest BCUT2D eigenvalue weighted by Gasteiger charge is -2.32. The maximum atomic E-state index is 12.0. The minimum Gasteiger partial charge on any atom is -0.379 e. The van der Waals surface area contributed by atoms with Crippen molar-refractivity contribution in [2.45, 2.75) is 25.8 Å². The second-order valence-electron chi connectivity index (χ2n) is 6.18. The van der Waals surface area contributed by atoms with Crippen molar-refractivity contribution in [3.63, 3.8) is 0 Å². The van der Waals surface area contributed by atoms with Crippen molar-refractivity contribution in [3.05, 3.63) is 36.2 Å². The Morgan fingerprint density at radius 1 is 1.28 bits per heavy atom. The van der Waals surface area contributed by atoms with E-state index in [9.17, 15) is 4.79 Å². The summed E-state index contributed by atoms with van der Waals surface area (Å²) in [5.74, 6) is 1.03. The summed E-state index contributed by atoms with van der Waals surface area (Å²) in [6.07, 6.45) is 0.782. The van der Waals surface area contributed by atoms with E-state index >= 15 is 0 Å². The van der Waals surface area contributed by atoms with Gasteiger partial charge in [-0.15, -0.1) is 0 Å². The molecule has 1 N–H and O–H groups in total. The number of carbonyl (C=O) groups is 1. The number of ether oxygens (including phenoxy) is 1. The molecule has 3 rings (SSSR count).